The number of fused-ring (bicyclic) bond motifs is 2. The molecule has 1 aromatic rings. The third-order valence-corrected chi connectivity index (χ3v) is 4.73. The number of rotatable bonds is 3. The lowest BCUT2D eigenvalue weighted by Crippen LogP contribution is -2.46. The van der Waals surface area contributed by atoms with Gasteiger partial charge in [0.25, 0.3) is 0 Å². The van der Waals surface area contributed by atoms with Gasteiger partial charge < -0.3 is 5.32 Å². The Labute approximate surface area is 127 Å². The zero-order chi connectivity index (χ0) is 13.4. The molecule has 0 aromatic heterocycles. The third kappa shape index (κ3) is 3.33. The van der Waals surface area contributed by atoms with Gasteiger partial charge in [0.15, 0.2) is 0 Å². The number of halogens is 2. The van der Waals surface area contributed by atoms with E-state index >= 15 is 0 Å². The Morgan fingerprint density at radius 2 is 1.90 bits per heavy atom. The summed E-state index contributed by atoms with van der Waals surface area (Å²) in [7, 11) is 2.20. The van der Waals surface area contributed by atoms with Gasteiger partial charge in [-0.15, -0.1) is 12.4 Å². The minimum absolute atomic E-state index is 0. The minimum Gasteiger partial charge on any atom is -0.311 e. The molecular weight excluding hydrogens is 275 g/mol. The summed E-state index contributed by atoms with van der Waals surface area (Å²) >= 11 is 0. The molecule has 2 fully saturated rings. The smallest absolute Gasteiger partial charge is 0.126 e. The predicted octanol–water partition coefficient (Wildman–Crippen LogP) is 3.27. The first-order chi connectivity index (χ1) is 9.11. The second kappa shape index (κ2) is 6.42. The fourth-order valence-corrected chi connectivity index (χ4v) is 3.61. The summed E-state index contributed by atoms with van der Waals surface area (Å²) in [5.41, 5.74) is 1.96. The molecule has 1 aromatic carbocycles. The molecule has 0 amide bonds. The van der Waals surface area contributed by atoms with Crippen LogP contribution in [0.4, 0.5) is 4.39 Å². The maximum absolute atomic E-state index is 13.3. The van der Waals surface area contributed by atoms with E-state index < -0.39 is 0 Å². The van der Waals surface area contributed by atoms with E-state index in [0.717, 1.165) is 24.2 Å². The van der Waals surface area contributed by atoms with Crippen LogP contribution < -0.4 is 5.32 Å². The molecule has 1 N–H and O–H groups in total. The highest BCUT2D eigenvalue weighted by Crippen LogP contribution is 2.29. The van der Waals surface area contributed by atoms with E-state index in [2.05, 4.69) is 17.3 Å². The molecule has 2 nitrogen and oxygen atoms in total. The van der Waals surface area contributed by atoms with E-state index in [1.807, 2.05) is 19.1 Å². The minimum atomic E-state index is -0.105. The van der Waals surface area contributed by atoms with Gasteiger partial charge in [0.1, 0.15) is 5.82 Å². The van der Waals surface area contributed by atoms with Crippen LogP contribution in [0.5, 0.6) is 0 Å². The molecular formula is C16H24ClFN2. The van der Waals surface area contributed by atoms with Crippen molar-refractivity contribution < 1.29 is 4.39 Å². The van der Waals surface area contributed by atoms with Crippen LogP contribution in [0.2, 0.25) is 0 Å². The van der Waals surface area contributed by atoms with Crippen molar-refractivity contribution in [1.29, 1.82) is 0 Å². The Hall–Kier alpha value is -0.640. The van der Waals surface area contributed by atoms with E-state index in [1.165, 1.54) is 31.2 Å². The van der Waals surface area contributed by atoms with E-state index in [0.29, 0.717) is 6.04 Å². The van der Waals surface area contributed by atoms with Gasteiger partial charge in [0, 0.05) is 24.7 Å². The lowest BCUT2D eigenvalue weighted by atomic mass is 9.98. The second-order valence-corrected chi connectivity index (χ2v) is 6.26. The number of hydrogen-bond donors (Lipinski definition) is 1. The van der Waals surface area contributed by atoms with Crippen LogP contribution in [0.3, 0.4) is 0 Å². The maximum atomic E-state index is 13.3. The second-order valence-electron chi connectivity index (χ2n) is 6.26. The molecule has 20 heavy (non-hydrogen) atoms. The van der Waals surface area contributed by atoms with Crippen molar-refractivity contribution in [2.75, 3.05) is 7.05 Å². The maximum Gasteiger partial charge on any atom is 0.126 e. The molecule has 0 saturated carbocycles. The van der Waals surface area contributed by atoms with Crippen LogP contribution in [-0.4, -0.2) is 30.1 Å². The quantitative estimate of drug-likeness (QED) is 0.921. The van der Waals surface area contributed by atoms with Crippen LogP contribution in [0.1, 0.15) is 36.8 Å². The predicted molar refractivity (Wildman–Crippen MR) is 82.8 cm³/mol. The molecule has 4 heteroatoms. The summed E-state index contributed by atoms with van der Waals surface area (Å²) in [4.78, 5) is 2.44. The molecule has 2 aliphatic heterocycles. The first kappa shape index (κ1) is 15.7. The first-order valence-corrected chi connectivity index (χ1v) is 7.33. The van der Waals surface area contributed by atoms with Crippen molar-refractivity contribution in [2.24, 2.45) is 0 Å². The number of benzene rings is 1. The Balaban J connectivity index is 0.00000147. The van der Waals surface area contributed by atoms with Crippen molar-refractivity contribution in [2.45, 2.75) is 57.3 Å². The molecule has 2 bridgehead atoms. The number of aryl methyl sites for hydroxylation is 1. The normalized spacial score (nSPS) is 28.5. The Morgan fingerprint density at radius 1 is 1.25 bits per heavy atom. The Morgan fingerprint density at radius 3 is 2.50 bits per heavy atom. The fraction of sp³-hybridized carbons (Fsp3) is 0.625. The van der Waals surface area contributed by atoms with Crippen molar-refractivity contribution in [3.63, 3.8) is 0 Å². The summed E-state index contributed by atoms with van der Waals surface area (Å²) in [5.74, 6) is -0.105. The lowest BCUT2D eigenvalue weighted by molar-refractivity contribution is 0.166. The van der Waals surface area contributed by atoms with Crippen molar-refractivity contribution in [3.8, 4) is 0 Å². The van der Waals surface area contributed by atoms with Gasteiger partial charge in [-0.3, -0.25) is 4.90 Å². The number of piperidine rings is 1. The summed E-state index contributed by atoms with van der Waals surface area (Å²) in [5, 5.41) is 3.68. The van der Waals surface area contributed by atoms with Crippen molar-refractivity contribution >= 4 is 12.4 Å². The summed E-state index contributed by atoms with van der Waals surface area (Å²) in [6.07, 6.45) is 5.19. The zero-order valence-corrected chi connectivity index (χ0v) is 13.0. The SMILES string of the molecule is Cc1cc(CN(C)C2CC3CCC(C2)N3)ccc1F.Cl. The van der Waals surface area contributed by atoms with Gasteiger partial charge in [0.05, 0.1) is 0 Å². The summed E-state index contributed by atoms with van der Waals surface area (Å²) in [6, 6.07) is 7.59. The van der Waals surface area contributed by atoms with Gasteiger partial charge in [-0.25, -0.2) is 4.39 Å². The zero-order valence-electron chi connectivity index (χ0n) is 12.2. The Kier molecular flexibility index (Phi) is 5.05. The molecule has 2 aliphatic rings. The molecule has 2 heterocycles. The molecule has 0 spiro atoms. The molecule has 0 radical (unpaired) electrons. The first-order valence-electron chi connectivity index (χ1n) is 7.33. The average Bonchev–Trinajstić information content (AvgIpc) is 2.72. The fourth-order valence-electron chi connectivity index (χ4n) is 3.61. The van der Waals surface area contributed by atoms with Crippen LogP contribution in [-0.2, 0) is 6.54 Å². The van der Waals surface area contributed by atoms with Crippen LogP contribution in [0, 0.1) is 12.7 Å². The molecule has 0 aliphatic carbocycles. The van der Waals surface area contributed by atoms with E-state index in [-0.39, 0.29) is 18.2 Å². The van der Waals surface area contributed by atoms with Crippen LogP contribution >= 0.6 is 12.4 Å². The molecule has 3 rings (SSSR count). The third-order valence-electron chi connectivity index (χ3n) is 4.73. The topological polar surface area (TPSA) is 15.3 Å². The van der Waals surface area contributed by atoms with Crippen molar-refractivity contribution in [3.05, 3.63) is 35.1 Å². The molecule has 112 valence electrons. The van der Waals surface area contributed by atoms with Crippen LogP contribution in [0.25, 0.3) is 0 Å². The van der Waals surface area contributed by atoms with Gasteiger partial charge in [-0.05, 0) is 56.8 Å². The Bertz CT molecular complexity index is 454. The average molecular weight is 299 g/mol. The van der Waals surface area contributed by atoms with Gasteiger partial charge in [-0.1, -0.05) is 12.1 Å². The van der Waals surface area contributed by atoms with Gasteiger partial charge in [0.2, 0.25) is 0 Å². The highest BCUT2D eigenvalue weighted by Gasteiger charge is 2.34. The highest BCUT2D eigenvalue weighted by atomic mass is 35.5. The lowest BCUT2D eigenvalue weighted by Gasteiger charge is -2.35. The monoisotopic (exact) mass is 298 g/mol. The number of nitrogens with zero attached hydrogens (tertiary/aromatic N) is 1. The molecule has 2 unspecified atom stereocenters. The van der Waals surface area contributed by atoms with Crippen molar-refractivity contribution in [1.82, 2.24) is 10.2 Å². The standard InChI is InChI=1S/C16H23FN2.ClH/c1-11-7-12(3-6-16(11)17)10-19(2)15-8-13-4-5-14(9-15)18-13;/h3,6-7,13-15,18H,4-5,8-10H2,1-2H3;1H. The molecule has 2 saturated heterocycles. The van der Waals surface area contributed by atoms with Crippen LogP contribution in [0.15, 0.2) is 18.2 Å². The largest absolute Gasteiger partial charge is 0.311 e. The van der Waals surface area contributed by atoms with E-state index in [9.17, 15) is 4.39 Å². The van der Waals surface area contributed by atoms with E-state index in [4.69, 9.17) is 0 Å². The number of hydrogen-bond acceptors (Lipinski definition) is 2. The summed E-state index contributed by atoms with van der Waals surface area (Å²) in [6.45, 7) is 2.76. The van der Waals surface area contributed by atoms with Gasteiger partial charge >= 0.3 is 0 Å². The highest BCUT2D eigenvalue weighted by molar-refractivity contribution is 5.85. The van der Waals surface area contributed by atoms with E-state index in [1.54, 1.807) is 6.07 Å². The molecule has 2 atom stereocenters. The number of nitrogens with one attached hydrogen (secondary N) is 1. The van der Waals surface area contributed by atoms with Gasteiger partial charge in [-0.2, -0.15) is 0 Å². The summed E-state index contributed by atoms with van der Waals surface area (Å²) < 4.78 is 13.3.